The van der Waals surface area contributed by atoms with Gasteiger partial charge in [-0.1, -0.05) is 20.8 Å². The molecule has 10 heteroatoms. The summed E-state index contributed by atoms with van der Waals surface area (Å²) in [5.41, 5.74) is -0.446. The van der Waals surface area contributed by atoms with Crippen molar-refractivity contribution < 1.29 is 9.66 Å². The minimum Gasteiger partial charge on any atom is -0.490 e. The third-order valence-corrected chi connectivity index (χ3v) is 3.55. The van der Waals surface area contributed by atoms with Gasteiger partial charge in [0.25, 0.3) is 5.56 Å². The van der Waals surface area contributed by atoms with Crippen molar-refractivity contribution >= 4 is 24.1 Å². The number of benzene rings is 1. The summed E-state index contributed by atoms with van der Waals surface area (Å²) in [4.78, 5) is 23.0. The van der Waals surface area contributed by atoms with Crippen LogP contribution in [-0.2, 0) is 5.41 Å². The molecular formula is C15H17N5O4S. The van der Waals surface area contributed by atoms with Crippen molar-refractivity contribution in [3.8, 4) is 5.75 Å². The van der Waals surface area contributed by atoms with Gasteiger partial charge in [0.05, 0.1) is 18.2 Å². The van der Waals surface area contributed by atoms with E-state index in [1.54, 1.807) is 6.07 Å². The Balaban J connectivity index is 2.51. The highest BCUT2D eigenvalue weighted by atomic mass is 32.1. The van der Waals surface area contributed by atoms with Gasteiger partial charge in [0.1, 0.15) is 5.69 Å². The normalized spacial score (nSPS) is 11.7. The molecule has 1 heterocycles. The lowest BCUT2D eigenvalue weighted by atomic mass is 9.93. The number of nitro benzene ring substituents is 1. The summed E-state index contributed by atoms with van der Waals surface area (Å²) in [7, 11) is 1.35. The molecule has 1 aromatic carbocycles. The number of aromatic amines is 1. The largest absolute Gasteiger partial charge is 0.490 e. The summed E-state index contributed by atoms with van der Waals surface area (Å²) in [5, 5.41) is 21.7. The highest BCUT2D eigenvalue weighted by Crippen LogP contribution is 2.26. The zero-order valence-electron chi connectivity index (χ0n) is 14.1. The maximum absolute atomic E-state index is 12.5. The molecule has 0 amide bonds. The zero-order valence-corrected chi connectivity index (χ0v) is 15.0. The first-order valence-electron chi connectivity index (χ1n) is 7.24. The molecule has 132 valence electrons. The topological polar surface area (TPSA) is 115 Å². The van der Waals surface area contributed by atoms with Crippen LogP contribution in [0.15, 0.2) is 28.1 Å². The van der Waals surface area contributed by atoms with E-state index in [9.17, 15) is 14.9 Å². The van der Waals surface area contributed by atoms with Crippen molar-refractivity contribution in [1.82, 2.24) is 14.9 Å². The van der Waals surface area contributed by atoms with Crippen molar-refractivity contribution in [3.63, 3.8) is 0 Å². The van der Waals surface area contributed by atoms with Crippen LogP contribution in [0.2, 0.25) is 0 Å². The molecule has 0 saturated carbocycles. The Hall–Kier alpha value is -2.88. The highest BCUT2D eigenvalue weighted by molar-refractivity contribution is 7.71. The maximum atomic E-state index is 12.5. The second-order valence-corrected chi connectivity index (χ2v) is 6.56. The second-order valence-electron chi connectivity index (χ2n) is 6.18. The van der Waals surface area contributed by atoms with Crippen LogP contribution in [0.25, 0.3) is 0 Å². The molecule has 0 spiro atoms. The van der Waals surface area contributed by atoms with Gasteiger partial charge >= 0.3 is 5.69 Å². The van der Waals surface area contributed by atoms with Crippen LogP contribution in [-0.4, -0.2) is 33.1 Å². The van der Waals surface area contributed by atoms with E-state index in [4.69, 9.17) is 17.0 Å². The monoisotopic (exact) mass is 363 g/mol. The smallest absolute Gasteiger partial charge is 0.311 e. The van der Waals surface area contributed by atoms with E-state index in [2.05, 4.69) is 15.3 Å². The van der Waals surface area contributed by atoms with Crippen LogP contribution < -0.4 is 10.3 Å². The highest BCUT2D eigenvalue weighted by Gasteiger charge is 2.21. The van der Waals surface area contributed by atoms with Crippen molar-refractivity contribution in [2.45, 2.75) is 26.2 Å². The minimum absolute atomic E-state index is 0.0252. The lowest BCUT2D eigenvalue weighted by molar-refractivity contribution is -0.385. The fraction of sp³-hybridized carbons (Fsp3) is 0.333. The van der Waals surface area contributed by atoms with Crippen molar-refractivity contribution in [2.75, 3.05) is 7.11 Å². The van der Waals surface area contributed by atoms with Gasteiger partial charge in [-0.25, -0.2) is 0 Å². The van der Waals surface area contributed by atoms with Crippen LogP contribution in [0.1, 0.15) is 32.0 Å². The molecule has 9 nitrogen and oxygen atoms in total. The van der Waals surface area contributed by atoms with E-state index in [-0.39, 0.29) is 21.9 Å². The zero-order chi connectivity index (χ0) is 18.8. The number of ether oxygens (including phenoxy) is 1. The Morgan fingerprint density at radius 1 is 1.44 bits per heavy atom. The predicted octanol–water partition coefficient (Wildman–Crippen LogP) is 2.40. The molecule has 0 atom stereocenters. The van der Waals surface area contributed by atoms with E-state index in [1.807, 2.05) is 20.8 Å². The Morgan fingerprint density at radius 2 is 2.12 bits per heavy atom. The number of nitro groups is 1. The number of rotatable bonds is 4. The standard InChI is InChI=1S/C15H17N5O4S/c1-15(2,3)12-13(21)19(14(25)18-17-12)16-8-9-5-6-11(24-4)10(7-9)20(22)23/h5-8H,1-4H3,(H,18,25)/b16-8-. The first kappa shape index (κ1) is 18.5. The molecule has 0 aliphatic carbocycles. The fourth-order valence-electron chi connectivity index (χ4n) is 2.04. The summed E-state index contributed by atoms with van der Waals surface area (Å²) in [5.74, 6) is 0.135. The molecule has 1 N–H and O–H groups in total. The van der Waals surface area contributed by atoms with Crippen molar-refractivity contribution in [2.24, 2.45) is 5.10 Å². The molecule has 0 aliphatic rings. The van der Waals surface area contributed by atoms with Crippen molar-refractivity contribution in [1.29, 1.82) is 0 Å². The molecule has 1 aromatic heterocycles. The number of hydrogen-bond donors (Lipinski definition) is 1. The Bertz CT molecular complexity index is 956. The molecule has 0 bridgehead atoms. The number of hydrogen-bond acceptors (Lipinski definition) is 7. The molecule has 0 saturated heterocycles. The van der Waals surface area contributed by atoms with Gasteiger partial charge in [0, 0.05) is 17.0 Å². The summed E-state index contributed by atoms with van der Waals surface area (Å²) in [6.45, 7) is 5.53. The lowest BCUT2D eigenvalue weighted by Crippen LogP contribution is -2.32. The van der Waals surface area contributed by atoms with E-state index in [1.165, 1.54) is 25.5 Å². The van der Waals surface area contributed by atoms with Gasteiger partial charge < -0.3 is 4.74 Å². The van der Waals surface area contributed by atoms with Gasteiger partial charge in [0.15, 0.2) is 5.75 Å². The number of nitrogens with one attached hydrogen (secondary N) is 1. The van der Waals surface area contributed by atoms with Gasteiger partial charge in [-0.3, -0.25) is 20.0 Å². The van der Waals surface area contributed by atoms with Crippen LogP contribution >= 0.6 is 12.2 Å². The third-order valence-electron chi connectivity index (χ3n) is 3.28. The Morgan fingerprint density at radius 3 is 2.68 bits per heavy atom. The maximum Gasteiger partial charge on any atom is 0.311 e. The molecule has 0 fully saturated rings. The molecule has 0 unspecified atom stereocenters. The van der Waals surface area contributed by atoms with E-state index in [0.717, 1.165) is 4.68 Å². The van der Waals surface area contributed by atoms with Crippen LogP contribution in [0.5, 0.6) is 5.75 Å². The first-order chi connectivity index (χ1) is 11.6. The Labute approximate surface area is 148 Å². The SMILES string of the molecule is COc1ccc(/C=N\n2c(=S)[nH]nc(C(C)(C)C)c2=O)cc1[N+](=O)[O-]. The van der Waals surface area contributed by atoms with Crippen LogP contribution in [0.4, 0.5) is 5.69 Å². The predicted molar refractivity (Wildman–Crippen MR) is 95.0 cm³/mol. The lowest BCUT2D eigenvalue weighted by Gasteiger charge is -2.16. The number of H-pyrrole nitrogens is 1. The van der Waals surface area contributed by atoms with Crippen LogP contribution in [0.3, 0.4) is 0 Å². The molecule has 2 rings (SSSR count). The fourth-order valence-corrected chi connectivity index (χ4v) is 2.21. The van der Waals surface area contributed by atoms with E-state index >= 15 is 0 Å². The van der Waals surface area contributed by atoms with Gasteiger partial charge in [-0.15, -0.1) is 0 Å². The average Bonchev–Trinajstić information content (AvgIpc) is 2.53. The molecule has 0 aliphatic heterocycles. The Kier molecular flexibility index (Phi) is 5.12. The summed E-state index contributed by atoms with van der Waals surface area (Å²) >= 11 is 5.05. The minimum atomic E-state index is -0.557. The summed E-state index contributed by atoms with van der Waals surface area (Å²) in [6.07, 6.45) is 1.31. The third kappa shape index (κ3) is 3.97. The molecule has 2 aromatic rings. The number of methoxy groups -OCH3 is 1. The van der Waals surface area contributed by atoms with E-state index in [0.29, 0.717) is 5.56 Å². The van der Waals surface area contributed by atoms with Gasteiger partial charge in [-0.2, -0.15) is 14.9 Å². The number of nitrogens with zero attached hydrogens (tertiary/aromatic N) is 4. The van der Waals surface area contributed by atoms with Crippen molar-refractivity contribution in [3.05, 3.63) is 54.7 Å². The van der Waals surface area contributed by atoms with Gasteiger partial charge in [-0.05, 0) is 24.4 Å². The number of aromatic nitrogens is 3. The molecular weight excluding hydrogens is 346 g/mol. The van der Waals surface area contributed by atoms with Gasteiger partial charge in [0.2, 0.25) is 4.77 Å². The second kappa shape index (κ2) is 6.93. The molecule has 25 heavy (non-hydrogen) atoms. The first-order valence-corrected chi connectivity index (χ1v) is 7.65. The summed E-state index contributed by atoms with van der Waals surface area (Å²) < 4.78 is 5.97. The quantitative estimate of drug-likeness (QED) is 0.386. The van der Waals surface area contributed by atoms with E-state index < -0.39 is 15.9 Å². The average molecular weight is 363 g/mol. The summed E-state index contributed by atoms with van der Waals surface area (Å²) in [6, 6.07) is 4.33. The van der Waals surface area contributed by atoms with Crippen LogP contribution in [0, 0.1) is 14.9 Å². The molecule has 0 radical (unpaired) electrons.